The highest BCUT2D eigenvalue weighted by Crippen LogP contribution is 1.98. The molecule has 1 heterocycles. The fourth-order valence-corrected chi connectivity index (χ4v) is 1.41. The van der Waals surface area contributed by atoms with E-state index >= 15 is 0 Å². The average Bonchev–Trinajstić information content (AvgIpc) is 2.29. The number of unbranched alkanes of at least 4 members (excludes halogenated alkanes) is 1. The summed E-state index contributed by atoms with van der Waals surface area (Å²) in [7, 11) is 0. The van der Waals surface area contributed by atoms with Gasteiger partial charge in [0.1, 0.15) is 0 Å². The first-order valence-corrected chi connectivity index (χ1v) is 5.91. The summed E-state index contributed by atoms with van der Waals surface area (Å²) in [6.45, 7) is 7.75. The third kappa shape index (κ3) is 6.84. The van der Waals surface area contributed by atoms with Gasteiger partial charge >= 0.3 is 0 Å². The summed E-state index contributed by atoms with van der Waals surface area (Å²) in [4.78, 5) is 0. The standard InChI is InChI=1S/C11H23NO3/c1-2-3-5-13-6-4-12-9-11-10-14-7-8-15-11/h11-12H,2-10H2,1H3. The van der Waals surface area contributed by atoms with Gasteiger partial charge in [-0.25, -0.2) is 0 Å². The molecule has 1 saturated heterocycles. The molecule has 1 fully saturated rings. The number of nitrogens with one attached hydrogen (secondary N) is 1. The van der Waals surface area contributed by atoms with Crippen LogP contribution < -0.4 is 5.32 Å². The molecular formula is C11H23NO3. The van der Waals surface area contributed by atoms with Crippen molar-refractivity contribution in [1.29, 1.82) is 0 Å². The quantitative estimate of drug-likeness (QED) is 0.611. The van der Waals surface area contributed by atoms with Crippen LogP contribution in [0.15, 0.2) is 0 Å². The fraction of sp³-hybridized carbons (Fsp3) is 1.00. The summed E-state index contributed by atoms with van der Waals surface area (Å²) in [6.07, 6.45) is 2.56. The molecule has 90 valence electrons. The average molecular weight is 217 g/mol. The highest BCUT2D eigenvalue weighted by Gasteiger charge is 2.12. The largest absolute Gasteiger partial charge is 0.380 e. The van der Waals surface area contributed by atoms with Gasteiger partial charge in [-0.1, -0.05) is 13.3 Å². The van der Waals surface area contributed by atoms with E-state index < -0.39 is 0 Å². The van der Waals surface area contributed by atoms with Crippen molar-refractivity contribution in [2.24, 2.45) is 0 Å². The highest BCUT2D eigenvalue weighted by atomic mass is 16.6. The van der Waals surface area contributed by atoms with Crippen LogP contribution in [0.4, 0.5) is 0 Å². The van der Waals surface area contributed by atoms with Crippen molar-refractivity contribution in [3.8, 4) is 0 Å². The van der Waals surface area contributed by atoms with E-state index in [2.05, 4.69) is 12.2 Å². The molecule has 1 N–H and O–H groups in total. The molecular weight excluding hydrogens is 194 g/mol. The first kappa shape index (κ1) is 12.9. The maximum absolute atomic E-state index is 5.49. The predicted molar refractivity (Wildman–Crippen MR) is 59.2 cm³/mol. The molecule has 0 radical (unpaired) electrons. The molecule has 0 saturated carbocycles. The molecule has 0 aliphatic carbocycles. The molecule has 0 bridgehead atoms. The molecule has 1 aliphatic rings. The van der Waals surface area contributed by atoms with E-state index in [1.165, 1.54) is 6.42 Å². The zero-order valence-electron chi connectivity index (χ0n) is 9.67. The van der Waals surface area contributed by atoms with Crippen LogP contribution in [0.3, 0.4) is 0 Å². The maximum Gasteiger partial charge on any atom is 0.0933 e. The number of rotatable bonds is 8. The zero-order valence-corrected chi connectivity index (χ0v) is 9.67. The minimum atomic E-state index is 0.217. The van der Waals surface area contributed by atoms with Crippen LogP contribution in [0.25, 0.3) is 0 Å². The molecule has 1 rings (SSSR count). The van der Waals surface area contributed by atoms with Gasteiger partial charge in [0, 0.05) is 19.7 Å². The lowest BCUT2D eigenvalue weighted by Crippen LogP contribution is -2.38. The minimum absolute atomic E-state index is 0.217. The van der Waals surface area contributed by atoms with E-state index in [4.69, 9.17) is 14.2 Å². The maximum atomic E-state index is 5.49. The van der Waals surface area contributed by atoms with Crippen molar-refractivity contribution >= 4 is 0 Å². The Hall–Kier alpha value is -0.160. The molecule has 1 atom stereocenters. The number of hydrogen-bond acceptors (Lipinski definition) is 4. The number of ether oxygens (including phenoxy) is 3. The van der Waals surface area contributed by atoms with Gasteiger partial charge in [0.2, 0.25) is 0 Å². The van der Waals surface area contributed by atoms with Gasteiger partial charge in [-0.15, -0.1) is 0 Å². The summed E-state index contributed by atoms with van der Waals surface area (Å²) in [5, 5.41) is 3.30. The Bertz CT molecular complexity index is 138. The van der Waals surface area contributed by atoms with Gasteiger partial charge in [0.15, 0.2) is 0 Å². The van der Waals surface area contributed by atoms with Crippen molar-refractivity contribution in [1.82, 2.24) is 5.32 Å². The van der Waals surface area contributed by atoms with Gasteiger partial charge in [-0.05, 0) is 6.42 Å². The van der Waals surface area contributed by atoms with E-state index in [0.29, 0.717) is 6.61 Å². The Kier molecular flexibility index (Phi) is 7.83. The summed E-state index contributed by atoms with van der Waals surface area (Å²) in [5.74, 6) is 0. The van der Waals surface area contributed by atoms with Gasteiger partial charge in [-0.3, -0.25) is 0 Å². The normalized spacial score (nSPS) is 21.8. The van der Waals surface area contributed by atoms with E-state index in [1.54, 1.807) is 0 Å². The van der Waals surface area contributed by atoms with E-state index in [1.807, 2.05) is 0 Å². The smallest absolute Gasteiger partial charge is 0.0933 e. The summed E-state index contributed by atoms with van der Waals surface area (Å²) in [5.41, 5.74) is 0. The minimum Gasteiger partial charge on any atom is -0.380 e. The molecule has 1 aliphatic heterocycles. The molecule has 0 aromatic heterocycles. The molecule has 4 heteroatoms. The summed E-state index contributed by atoms with van der Waals surface area (Å²) in [6, 6.07) is 0. The second kappa shape index (κ2) is 9.09. The van der Waals surface area contributed by atoms with Crippen LogP contribution in [-0.4, -0.2) is 52.2 Å². The monoisotopic (exact) mass is 217 g/mol. The molecule has 4 nitrogen and oxygen atoms in total. The van der Waals surface area contributed by atoms with Crippen molar-refractivity contribution in [2.45, 2.75) is 25.9 Å². The van der Waals surface area contributed by atoms with E-state index in [-0.39, 0.29) is 6.10 Å². The Labute approximate surface area is 92.3 Å². The predicted octanol–water partition coefficient (Wildman–Crippen LogP) is 0.808. The Morgan fingerprint density at radius 3 is 3.00 bits per heavy atom. The van der Waals surface area contributed by atoms with Crippen molar-refractivity contribution in [2.75, 3.05) is 46.1 Å². The van der Waals surface area contributed by atoms with Gasteiger partial charge in [0.25, 0.3) is 0 Å². The molecule has 15 heavy (non-hydrogen) atoms. The number of hydrogen-bond donors (Lipinski definition) is 1. The van der Waals surface area contributed by atoms with Gasteiger partial charge < -0.3 is 19.5 Å². The van der Waals surface area contributed by atoms with Crippen LogP contribution >= 0.6 is 0 Å². The lowest BCUT2D eigenvalue weighted by atomic mass is 10.3. The lowest BCUT2D eigenvalue weighted by molar-refractivity contribution is -0.0865. The van der Waals surface area contributed by atoms with Gasteiger partial charge in [-0.2, -0.15) is 0 Å². The van der Waals surface area contributed by atoms with Crippen LogP contribution in [0.1, 0.15) is 19.8 Å². The Morgan fingerprint density at radius 1 is 1.33 bits per heavy atom. The highest BCUT2D eigenvalue weighted by molar-refractivity contribution is 4.63. The second-order valence-corrected chi connectivity index (χ2v) is 3.74. The van der Waals surface area contributed by atoms with E-state index in [0.717, 1.165) is 45.9 Å². The molecule has 0 aromatic rings. The summed E-state index contributed by atoms with van der Waals surface area (Å²) < 4.78 is 16.2. The summed E-state index contributed by atoms with van der Waals surface area (Å²) >= 11 is 0. The van der Waals surface area contributed by atoms with Crippen molar-refractivity contribution in [3.05, 3.63) is 0 Å². The fourth-order valence-electron chi connectivity index (χ4n) is 1.41. The van der Waals surface area contributed by atoms with Crippen LogP contribution in [0.5, 0.6) is 0 Å². The second-order valence-electron chi connectivity index (χ2n) is 3.74. The molecule has 0 aromatic carbocycles. The third-order valence-electron chi connectivity index (χ3n) is 2.32. The van der Waals surface area contributed by atoms with Crippen LogP contribution in [0, 0.1) is 0 Å². The van der Waals surface area contributed by atoms with Crippen molar-refractivity contribution in [3.63, 3.8) is 0 Å². The zero-order chi connectivity index (χ0) is 10.8. The van der Waals surface area contributed by atoms with E-state index in [9.17, 15) is 0 Å². The third-order valence-corrected chi connectivity index (χ3v) is 2.32. The Morgan fingerprint density at radius 2 is 2.27 bits per heavy atom. The van der Waals surface area contributed by atoms with Gasteiger partial charge in [0.05, 0.1) is 32.5 Å². The first-order chi connectivity index (χ1) is 7.43. The van der Waals surface area contributed by atoms with Crippen LogP contribution in [-0.2, 0) is 14.2 Å². The first-order valence-electron chi connectivity index (χ1n) is 5.91. The molecule has 1 unspecified atom stereocenters. The molecule has 0 amide bonds. The lowest BCUT2D eigenvalue weighted by Gasteiger charge is -2.23. The Balaban J connectivity index is 1.79. The van der Waals surface area contributed by atoms with Crippen LogP contribution in [0.2, 0.25) is 0 Å². The van der Waals surface area contributed by atoms with Crippen molar-refractivity contribution < 1.29 is 14.2 Å². The SMILES string of the molecule is CCCCOCCNCC1COCCO1. The topological polar surface area (TPSA) is 39.7 Å². The molecule has 0 spiro atoms.